The number of fused-ring (bicyclic) bond motifs is 1. The Labute approximate surface area is 154 Å². The van der Waals surface area contributed by atoms with Crippen molar-refractivity contribution < 1.29 is 14.3 Å². The Morgan fingerprint density at radius 1 is 1.27 bits per heavy atom. The standard InChI is InChI=1S/C17H20N4O4S/c1-10(2)8-18-14(22)9-26-17-19-16(23)15(20-21-17)11-3-4-12-13(7-11)25-6-5-24-12/h3-4,7,10H,5-6,8-9H2,1-2H3,(H,18,22)(H,19,21,23). The molecule has 1 amide bonds. The number of H-pyrrole nitrogens is 1. The molecule has 1 aromatic carbocycles. The first-order chi connectivity index (χ1) is 12.5. The summed E-state index contributed by atoms with van der Waals surface area (Å²) in [5.74, 6) is 1.66. The van der Waals surface area contributed by atoms with Gasteiger partial charge >= 0.3 is 0 Å². The number of carbonyl (C=O) groups is 1. The largest absolute Gasteiger partial charge is 0.486 e. The van der Waals surface area contributed by atoms with Gasteiger partial charge in [-0.25, -0.2) is 0 Å². The molecule has 0 saturated heterocycles. The van der Waals surface area contributed by atoms with Crippen molar-refractivity contribution in [2.75, 3.05) is 25.5 Å². The Kier molecular flexibility index (Phi) is 5.77. The molecule has 0 bridgehead atoms. The van der Waals surface area contributed by atoms with E-state index in [2.05, 4.69) is 20.5 Å². The quantitative estimate of drug-likeness (QED) is 0.735. The minimum Gasteiger partial charge on any atom is -0.486 e. The molecule has 0 fully saturated rings. The number of ether oxygens (including phenoxy) is 2. The highest BCUT2D eigenvalue weighted by atomic mass is 32.2. The van der Waals surface area contributed by atoms with Crippen molar-refractivity contribution in [1.29, 1.82) is 0 Å². The molecule has 1 aromatic heterocycles. The van der Waals surface area contributed by atoms with Crippen LogP contribution in [0.3, 0.4) is 0 Å². The second-order valence-electron chi connectivity index (χ2n) is 6.15. The van der Waals surface area contributed by atoms with Crippen LogP contribution in [0.5, 0.6) is 11.5 Å². The van der Waals surface area contributed by atoms with E-state index in [9.17, 15) is 9.59 Å². The van der Waals surface area contributed by atoms with Crippen molar-refractivity contribution in [2.24, 2.45) is 5.92 Å². The number of hydrogen-bond acceptors (Lipinski definition) is 7. The van der Waals surface area contributed by atoms with Crippen LogP contribution in [0.1, 0.15) is 13.8 Å². The van der Waals surface area contributed by atoms with Gasteiger partial charge in [0.1, 0.15) is 13.2 Å². The lowest BCUT2D eigenvalue weighted by Crippen LogP contribution is -2.29. The fourth-order valence-electron chi connectivity index (χ4n) is 2.27. The molecule has 3 rings (SSSR count). The van der Waals surface area contributed by atoms with Gasteiger partial charge in [0, 0.05) is 12.1 Å². The van der Waals surface area contributed by atoms with Crippen LogP contribution in [0.2, 0.25) is 0 Å². The number of thioether (sulfide) groups is 1. The monoisotopic (exact) mass is 376 g/mol. The van der Waals surface area contributed by atoms with Crippen LogP contribution in [0.25, 0.3) is 11.3 Å². The second kappa shape index (κ2) is 8.22. The van der Waals surface area contributed by atoms with Gasteiger partial charge in [-0.2, -0.15) is 0 Å². The summed E-state index contributed by atoms with van der Waals surface area (Å²) in [6.07, 6.45) is 0. The Morgan fingerprint density at radius 2 is 2.04 bits per heavy atom. The van der Waals surface area contributed by atoms with Crippen LogP contribution in [-0.2, 0) is 4.79 Å². The van der Waals surface area contributed by atoms with Gasteiger partial charge < -0.3 is 14.8 Å². The first kappa shape index (κ1) is 18.2. The van der Waals surface area contributed by atoms with Crippen molar-refractivity contribution in [3.05, 3.63) is 28.6 Å². The molecule has 1 aliphatic rings. The smallest absolute Gasteiger partial charge is 0.278 e. The number of nitrogens with zero attached hydrogens (tertiary/aromatic N) is 2. The highest BCUT2D eigenvalue weighted by Crippen LogP contribution is 2.33. The number of benzene rings is 1. The van der Waals surface area contributed by atoms with Gasteiger partial charge in [-0.1, -0.05) is 25.6 Å². The number of amides is 1. The third-order valence-corrected chi connectivity index (χ3v) is 4.40. The van der Waals surface area contributed by atoms with E-state index in [-0.39, 0.29) is 22.9 Å². The lowest BCUT2D eigenvalue weighted by molar-refractivity contribution is -0.118. The number of hydrogen-bond donors (Lipinski definition) is 2. The summed E-state index contributed by atoms with van der Waals surface area (Å²) in [5.41, 5.74) is 0.409. The maximum absolute atomic E-state index is 12.3. The van der Waals surface area contributed by atoms with E-state index < -0.39 is 0 Å². The zero-order valence-electron chi connectivity index (χ0n) is 14.6. The minimum absolute atomic E-state index is 0.109. The molecule has 0 aliphatic carbocycles. The second-order valence-corrected chi connectivity index (χ2v) is 7.12. The first-order valence-electron chi connectivity index (χ1n) is 8.29. The van der Waals surface area contributed by atoms with Gasteiger partial charge in [0.15, 0.2) is 22.3 Å². The third-order valence-electron chi connectivity index (χ3n) is 3.54. The predicted molar refractivity (Wildman–Crippen MR) is 97.7 cm³/mol. The number of aromatic amines is 1. The first-order valence-corrected chi connectivity index (χ1v) is 9.28. The molecule has 26 heavy (non-hydrogen) atoms. The van der Waals surface area contributed by atoms with Gasteiger partial charge in [0.05, 0.1) is 5.75 Å². The van der Waals surface area contributed by atoms with E-state index in [4.69, 9.17) is 9.47 Å². The zero-order chi connectivity index (χ0) is 18.5. The van der Waals surface area contributed by atoms with Crippen molar-refractivity contribution in [3.63, 3.8) is 0 Å². The Morgan fingerprint density at radius 3 is 2.77 bits per heavy atom. The Hall–Kier alpha value is -2.55. The van der Waals surface area contributed by atoms with Crippen LogP contribution in [0.15, 0.2) is 28.2 Å². The topological polar surface area (TPSA) is 106 Å². The molecule has 138 valence electrons. The summed E-state index contributed by atoms with van der Waals surface area (Å²) in [4.78, 5) is 26.7. The fraction of sp³-hybridized carbons (Fsp3) is 0.412. The van der Waals surface area contributed by atoms with Crippen molar-refractivity contribution in [3.8, 4) is 22.8 Å². The van der Waals surface area contributed by atoms with Gasteiger partial charge in [-0.15, -0.1) is 10.2 Å². The summed E-state index contributed by atoms with van der Waals surface area (Å²) in [6, 6.07) is 5.19. The summed E-state index contributed by atoms with van der Waals surface area (Å²) >= 11 is 1.14. The molecule has 0 unspecified atom stereocenters. The van der Waals surface area contributed by atoms with Crippen molar-refractivity contribution in [2.45, 2.75) is 19.0 Å². The van der Waals surface area contributed by atoms with E-state index in [0.717, 1.165) is 11.8 Å². The molecule has 0 atom stereocenters. The van der Waals surface area contributed by atoms with Crippen LogP contribution >= 0.6 is 11.8 Å². The summed E-state index contributed by atoms with van der Waals surface area (Å²) in [5, 5.41) is 11.1. The fourth-order valence-corrected chi connectivity index (χ4v) is 2.90. The van der Waals surface area contributed by atoms with Gasteiger partial charge in [0.25, 0.3) is 5.56 Å². The van der Waals surface area contributed by atoms with Crippen LogP contribution < -0.4 is 20.3 Å². The molecular formula is C17H20N4O4S. The lowest BCUT2D eigenvalue weighted by Gasteiger charge is -2.18. The normalized spacial score (nSPS) is 12.9. The SMILES string of the molecule is CC(C)CNC(=O)CSc1nnc(-c2ccc3c(c2)OCCO3)c(=O)[nH]1. The van der Waals surface area contributed by atoms with E-state index in [1.165, 1.54) is 0 Å². The highest BCUT2D eigenvalue weighted by Gasteiger charge is 2.15. The van der Waals surface area contributed by atoms with Crippen LogP contribution in [0, 0.1) is 5.92 Å². The van der Waals surface area contributed by atoms with Gasteiger partial charge in [-0.05, 0) is 24.1 Å². The molecule has 1 aliphatic heterocycles. The van der Waals surface area contributed by atoms with Crippen LogP contribution in [0.4, 0.5) is 0 Å². The highest BCUT2D eigenvalue weighted by molar-refractivity contribution is 7.99. The number of aromatic nitrogens is 3. The van der Waals surface area contributed by atoms with Gasteiger partial charge in [-0.3, -0.25) is 14.6 Å². The molecular weight excluding hydrogens is 356 g/mol. The van der Waals surface area contributed by atoms with Crippen LogP contribution in [-0.4, -0.2) is 46.6 Å². The summed E-state index contributed by atoms with van der Waals surface area (Å²) in [6.45, 7) is 5.63. The molecule has 2 N–H and O–H groups in total. The number of rotatable bonds is 6. The molecule has 0 radical (unpaired) electrons. The molecule has 2 heterocycles. The third kappa shape index (κ3) is 4.54. The number of carbonyl (C=O) groups excluding carboxylic acids is 1. The zero-order valence-corrected chi connectivity index (χ0v) is 15.4. The van der Waals surface area contributed by atoms with E-state index in [0.29, 0.717) is 47.9 Å². The molecule has 8 nitrogen and oxygen atoms in total. The average molecular weight is 376 g/mol. The summed E-state index contributed by atoms with van der Waals surface area (Å²) in [7, 11) is 0. The molecule has 2 aromatic rings. The van der Waals surface area contributed by atoms with E-state index in [1.54, 1.807) is 18.2 Å². The predicted octanol–water partition coefficient (Wildman–Crippen LogP) is 1.47. The van der Waals surface area contributed by atoms with Crippen molar-refractivity contribution >= 4 is 17.7 Å². The average Bonchev–Trinajstić information content (AvgIpc) is 2.64. The molecule has 9 heteroatoms. The van der Waals surface area contributed by atoms with Crippen molar-refractivity contribution in [1.82, 2.24) is 20.5 Å². The molecule has 0 spiro atoms. The number of nitrogens with one attached hydrogen (secondary N) is 2. The van der Waals surface area contributed by atoms with E-state index >= 15 is 0 Å². The Bertz CT molecular complexity index is 853. The minimum atomic E-state index is -0.373. The van der Waals surface area contributed by atoms with Gasteiger partial charge in [0.2, 0.25) is 5.91 Å². The maximum atomic E-state index is 12.3. The van der Waals surface area contributed by atoms with E-state index in [1.807, 2.05) is 13.8 Å². The maximum Gasteiger partial charge on any atom is 0.278 e. The summed E-state index contributed by atoms with van der Waals surface area (Å²) < 4.78 is 11.0. The lowest BCUT2D eigenvalue weighted by atomic mass is 10.1. The molecule has 0 saturated carbocycles. The Balaban J connectivity index is 1.68.